The van der Waals surface area contributed by atoms with Crippen LogP contribution in [-0.4, -0.2) is 55.7 Å². The number of hydrogen-bond donors (Lipinski definition) is 0. The van der Waals surface area contributed by atoms with Gasteiger partial charge in [0.2, 0.25) is 0 Å². The quantitative estimate of drug-likeness (QED) is 0.826. The van der Waals surface area contributed by atoms with E-state index in [0.29, 0.717) is 0 Å². The minimum absolute atomic E-state index is 0.766. The van der Waals surface area contributed by atoms with E-state index in [1.54, 1.807) is 0 Å². The average molecular weight is 343 g/mol. The van der Waals surface area contributed by atoms with Crippen LogP contribution >= 0.6 is 11.3 Å². The summed E-state index contributed by atoms with van der Waals surface area (Å²) >= 11 is 1.93. The van der Waals surface area contributed by atoms with E-state index in [1.807, 2.05) is 11.3 Å². The Balaban J connectivity index is 1.27. The molecule has 3 heterocycles. The highest BCUT2D eigenvalue weighted by Crippen LogP contribution is 2.28. The SMILES string of the molecule is c1ccc(-c2ccc(CN3CCN(CC4CCOC4)CC3)s2)cc1. The number of ether oxygens (including phenoxy) is 1. The molecule has 0 aliphatic carbocycles. The third-order valence-electron chi connectivity index (χ3n) is 5.10. The fourth-order valence-corrected chi connectivity index (χ4v) is 4.72. The lowest BCUT2D eigenvalue weighted by Gasteiger charge is -2.35. The van der Waals surface area contributed by atoms with E-state index in [9.17, 15) is 0 Å². The van der Waals surface area contributed by atoms with Gasteiger partial charge < -0.3 is 9.64 Å². The molecule has 1 aromatic carbocycles. The summed E-state index contributed by atoms with van der Waals surface area (Å²) in [6.07, 6.45) is 1.25. The first-order valence-corrected chi connectivity index (χ1v) is 9.85. The minimum atomic E-state index is 0.766. The predicted molar refractivity (Wildman–Crippen MR) is 100 cm³/mol. The molecule has 0 spiro atoms. The molecule has 0 amide bonds. The Morgan fingerprint density at radius 2 is 1.75 bits per heavy atom. The number of nitrogens with zero attached hydrogens (tertiary/aromatic N) is 2. The Kier molecular flexibility index (Phi) is 5.28. The molecule has 128 valence electrons. The second-order valence-corrected chi connectivity index (χ2v) is 8.11. The summed E-state index contributed by atoms with van der Waals surface area (Å²) in [4.78, 5) is 8.08. The van der Waals surface area contributed by atoms with Gasteiger partial charge in [0.25, 0.3) is 0 Å². The van der Waals surface area contributed by atoms with Gasteiger partial charge in [0, 0.05) is 55.6 Å². The highest BCUT2D eigenvalue weighted by molar-refractivity contribution is 7.15. The van der Waals surface area contributed by atoms with E-state index in [2.05, 4.69) is 52.3 Å². The standard InChI is InChI=1S/C20H26N2OS/c1-2-4-18(5-3-1)20-7-6-19(24-20)15-22-11-9-21(10-12-22)14-17-8-13-23-16-17/h1-7,17H,8-16H2. The molecule has 4 rings (SSSR count). The molecule has 24 heavy (non-hydrogen) atoms. The van der Waals surface area contributed by atoms with Gasteiger partial charge in [-0.05, 0) is 30.0 Å². The third kappa shape index (κ3) is 4.06. The summed E-state index contributed by atoms with van der Waals surface area (Å²) in [5.41, 5.74) is 1.33. The van der Waals surface area contributed by atoms with Crippen LogP contribution in [0.1, 0.15) is 11.3 Å². The van der Waals surface area contributed by atoms with Crippen molar-refractivity contribution >= 4 is 11.3 Å². The van der Waals surface area contributed by atoms with Crippen molar-refractivity contribution < 1.29 is 4.74 Å². The molecule has 0 radical (unpaired) electrons. The Morgan fingerprint density at radius 1 is 0.958 bits per heavy atom. The van der Waals surface area contributed by atoms with Crippen LogP contribution in [0.4, 0.5) is 0 Å². The van der Waals surface area contributed by atoms with Gasteiger partial charge in [-0.3, -0.25) is 4.90 Å². The lowest BCUT2D eigenvalue weighted by Crippen LogP contribution is -2.47. The van der Waals surface area contributed by atoms with Gasteiger partial charge in [0.15, 0.2) is 0 Å². The molecule has 1 unspecified atom stereocenters. The number of piperazine rings is 1. The molecular formula is C20H26N2OS. The molecule has 0 N–H and O–H groups in total. The van der Waals surface area contributed by atoms with E-state index in [0.717, 1.165) is 25.7 Å². The van der Waals surface area contributed by atoms with Gasteiger partial charge in [0.1, 0.15) is 0 Å². The van der Waals surface area contributed by atoms with Crippen LogP contribution < -0.4 is 0 Å². The fraction of sp³-hybridized carbons (Fsp3) is 0.500. The fourth-order valence-electron chi connectivity index (χ4n) is 3.66. The van der Waals surface area contributed by atoms with E-state index in [1.165, 1.54) is 54.5 Å². The first-order valence-electron chi connectivity index (χ1n) is 9.03. The van der Waals surface area contributed by atoms with E-state index in [-0.39, 0.29) is 0 Å². The van der Waals surface area contributed by atoms with Crippen molar-refractivity contribution in [3.8, 4) is 10.4 Å². The summed E-state index contributed by atoms with van der Waals surface area (Å²) in [7, 11) is 0. The van der Waals surface area contributed by atoms with Crippen LogP contribution in [0.5, 0.6) is 0 Å². The summed E-state index contributed by atoms with van der Waals surface area (Å²) in [5, 5.41) is 0. The van der Waals surface area contributed by atoms with Crippen LogP contribution in [0.25, 0.3) is 10.4 Å². The zero-order chi connectivity index (χ0) is 16.2. The van der Waals surface area contributed by atoms with Gasteiger partial charge in [-0.2, -0.15) is 0 Å². The zero-order valence-corrected chi connectivity index (χ0v) is 15.0. The maximum atomic E-state index is 5.50. The van der Waals surface area contributed by atoms with Crippen molar-refractivity contribution in [2.75, 3.05) is 45.9 Å². The topological polar surface area (TPSA) is 15.7 Å². The Bertz CT molecular complexity index is 628. The first-order chi connectivity index (χ1) is 11.9. The van der Waals surface area contributed by atoms with Gasteiger partial charge in [0.05, 0.1) is 6.61 Å². The number of rotatable bonds is 5. The van der Waals surface area contributed by atoms with E-state index in [4.69, 9.17) is 4.74 Å². The Morgan fingerprint density at radius 3 is 2.50 bits per heavy atom. The van der Waals surface area contributed by atoms with Gasteiger partial charge in [-0.25, -0.2) is 0 Å². The first kappa shape index (κ1) is 16.3. The molecule has 0 saturated carbocycles. The minimum Gasteiger partial charge on any atom is -0.381 e. The van der Waals surface area contributed by atoms with Crippen LogP contribution in [0, 0.1) is 5.92 Å². The van der Waals surface area contributed by atoms with Gasteiger partial charge in [-0.1, -0.05) is 30.3 Å². The molecule has 2 fully saturated rings. The largest absolute Gasteiger partial charge is 0.381 e. The van der Waals surface area contributed by atoms with Crippen LogP contribution in [0.15, 0.2) is 42.5 Å². The molecule has 2 saturated heterocycles. The van der Waals surface area contributed by atoms with E-state index < -0.39 is 0 Å². The van der Waals surface area contributed by atoms with Crippen molar-refractivity contribution in [1.29, 1.82) is 0 Å². The smallest absolute Gasteiger partial charge is 0.0507 e. The maximum absolute atomic E-state index is 5.50. The van der Waals surface area contributed by atoms with Crippen LogP contribution in [0.2, 0.25) is 0 Å². The zero-order valence-electron chi connectivity index (χ0n) is 14.2. The lowest BCUT2D eigenvalue weighted by atomic mass is 10.1. The molecule has 0 bridgehead atoms. The van der Waals surface area contributed by atoms with Crippen molar-refractivity contribution in [2.45, 2.75) is 13.0 Å². The molecule has 3 nitrogen and oxygen atoms in total. The summed E-state index contributed by atoms with van der Waals surface area (Å²) in [6, 6.07) is 15.3. The highest BCUT2D eigenvalue weighted by Gasteiger charge is 2.22. The summed E-state index contributed by atoms with van der Waals surface area (Å²) in [6.45, 7) is 9.03. The van der Waals surface area contributed by atoms with Gasteiger partial charge in [-0.15, -0.1) is 11.3 Å². The van der Waals surface area contributed by atoms with Crippen molar-refractivity contribution in [3.63, 3.8) is 0 Å². The molecule has 2 aliphatic rings. The molecular weight excluding hydrogens is 316 g/mol. The van der Waals surface area contributed by atoms with E-state index >= 15 is 0 Å². The molecule has 4 heteroatoms. The molecule has 1 aromatic heterocycles. The molecule has 2 aliphatic heterocycles. The average Bonchev–Trinajstić information content (AvgIpc) is 3.29. The third-order valence-corrected chi connectivity index (χ3v) is 6.22. The lowest BCUT2D eigenvalue weighted by molar-refractivity contribution is 0.107. The van der Waals surface area contributed by atoms with Crippen molar-refractivity contribution in [1.82, 2.24) is 9.80 Å². The monoisotopic (exact) mass is 342 g/mol. The molecule has 1 atom stereocenters. The Labute approximate surface area is 148 Å². The summed E-state index contributed by atoms with van der Waals surface area (Å²) < 4.78 is 5.50. The Hall–Kier alpha value is -1.20. The second kappa shape index (κ2) is 7.79. The normalized spacial score (nSPS) is 22.9. The van der Waals surface area contributed by atoms with Crippen molar-refractivity contribution in [3.05, 3.63) is 47.3 Å². The highest BCUT2D eigenvalue weighted by atomic mass is 32.1. The van der Waals surface area contributed by atoms with Crippen LogP contribution in [0.3, 0.4) is 0 Å². The number of benzene rings is 1. The number of hydrogen-bond acceptors (Lipinski definition) is 4. The van der Waals surface area contributed by atoms with Gasteiger partial charge >= 0.3 is 0 Å². The number of thiophene rings is 1. The van der Waals surface area contributed by atoms with Crippen LogP contribution in [-0.2, 0) is 11.3 Å². The second-order valence-electron chi connectivity index (χ2n) is 6.94. The molecule has 2 aromatic rings. The maximum Gasteiger partial charge on any atom is 0.0507 e. The summed E-state index contributed by atoms with van der Waals surface area (Å²) in [5.74, 6) is 0.766. The predicted octanol–water partition coefficient (Wildman–Crippen LogP) is 3.57. The van der Waals surface area contributed by atoms with Crippen molar-refractivity contribution in [2.24, 2.45) is 5.92 Å².